The summed E-state index contributed by atoms with van der Waals surface area (Å²) in [6, 6.07) is 3.38. The molecule has 2 rings (SSSR count). The summed E-state index contributed by atoms with van der Waals surface area (Å²) in [7, 11) is 3.11. The second-order valence-corrected chi connectivity index (χ2v) is 4.06. The highest BCUT2D eigenvalue weighted by atomic mass is 16.5. The lowest BCUT2D eigenvalue weighted by Crippen LogP contribution is -2.13. The van der Waals surface area contributed by atoms with Gasteiger partial charge in [0.1, 0.15) is 5.71 Å². The Morgan fingerprint density at radius 2 is 2.00 bits per heavy atom. The fourth-order valence-electron chi connectivity index (χ4n) is 2.25. The Morgan fingerprint density at radius 1 is 1.22 bits per heavy atom. The van der Waals surface area contributed by atoms with Gasteiger partial charge in [-0.25, -0.2) is 0 Å². The largest absolute Gasteiger partial charge is 0.493 e. The molecule has 0 aliphatic heterocycles. The summed E-state index contributed by atoms with van der Waals surface area (Å²) in [5.74, 6) is 0.946. The molecule has 0 unspecified atom stereocenters. The van der Waals surface area contributed by atoms with Crippen LogP contribution in [0.25, 0.3) is 0 Å². The summed E-state index contributed by atoms with van der Waals surface area (Å²) in [6.07, 6.45) is 1.90. The number of oxime groups is 1. The van der Waals surface area contributed by atoms with E-state index < -0.39 is 0 Å². The number of benzene rings is 1. The molecule has 0 spiro atoms. The lowest BCUT2D eigenvalue weighted by molar-refractivity contribution is 0.105. The molecule has 1 aliphatic rings. The normalized spacial score (nSPS) is 17.2. The first kappa shape index (κ1) is 12.4. The van der Waals surface area contributed by atoms with Gasteiger partial charge in [-0.2, -0.15) is 0 Å². The minimum Gasteiger partial charge on any atom is -0.493 e. The van der Waals surface area contributed by atoms with Crippen LogP contribution in [0.4, 0.5) is 0 Å². The van der Waals surface area contributed by atoms with Gasteiger partial charge in [0.15, 0.2) is 11.5 Å². The Morgan fingerprint density at radius 3 is 2.61 bits per heavy atom. The van der Waals surface area contributed by atoms with Crippen molar-refractivity contribution in [2.45, 2.75) is 19.3 Å². The molecule has 1 aliphatic carbocycles. The van der Waals surface area contributed by atoms with Crippen molar-refractivity contribution >= 4 is 11.5 Å². The Hall–Kier alpha value is -2.04. The van der Waals surface area contributed by atoms with Crippen molar-refractivity contribution in [1.82, 2.24) is 0 Å². The molecule has 0 amide bonds. The van der Waals surface area contributed by atoms with Gasteiger partial charge in [-0.3, -0.25) is 4.79 Å². The molecular formula is C13H15NO4. The average molecular weight is 249 g/mol. The van der Waals surface area contributed by atoms with Gasteiger partial charge in [0.2, 0.25) is 5.78 Å². The van der Waals surface area contributed by atoms with Crippen LogP contribution in [-0.4, -0.2) is 30.9 Å². The van der Waals surface area contributed by atoms with Crippen LogP contribution >= 0.6 is 0 Å². The monoisotopic (exact) mass is 249 g/mol. The Kier molecular flexibility index (Phi) is 3.50. The molecule has 0 fully saturated rings. The van der Waals surface area contributed by atoms with Gasteiger partial charge in [-0.15, -0.1) is 0 Å². The maximum absolute atomic E-state index is 12.1. The van der Waals surface area contributed by atoms with E-state index in [1.807, 2.05) is 0 Å². The third kappa shape index (κ3) is 1.92. The van der Waals surface area contributed by atoms with E-state index >= 15 is 0 Å². The summed E-state index contributed by atoms with van der Waals surface area (Å²) in [4.78, 5) is 12.1. The molecule has 1 N–H and O–H groups in total. The van der Waals surface area contributed by atoms with E-state index in [2.05, 4.69) is 5.16 Å². The molecule has 0 saturated heterocycles. The number of fused-ring (bicyclic) bond motifs is 1. The maximum Gasteiger partial charge on any atom is 0.210 e. The Labute approximate surface area is 105 Å². The summed E-state index contributed by atoms with van der Waals surface area (Å²) in [5.41, 5.74) is 1.54. The average Bonchev–Trinajstić information content (AvgIpc) is 2.57. The Bertz CT molecular complexity index is 508. The van der Waals surface area contributed by atoms with Crippen LogP contribution in [0.2, 0.25) is 0 Å². The first-order chi connectivity index (χ1) is 8.72. The van der Waals surface area contributed by atoms with E-state index in [4.69, 9.17) is 14.7 Å². The number of nitrogens with zero attached hydrogens (tertiary/aromatic N) is 1. The van der Waals surface area contributed by atoms with Gasteiger partial charge in [-0.1, -0.05) is 5.16 Å². The number of carbonyl (C=O) groups is 1. The number of Topliss-reactive ketones (excluding diaryl/α,β-unsaturated/α-hetero) is 1. The van der Waals surface area contributed by atoms with Crippen LogP contribution in [0.15, 0.2) is 17.3 Å². The molecule has 5 heteroatoms. The predicted octanol–water partition coefficient (Wildman–Crippen LogP) is 2.05. The second kappa shape index (κ2) is 5.08. The van der Waals surface area contributed by atoms with Crippen molar-refractivity contribution in [3.05, 3.63) is 23.3 Å². The third-order valence-corrected chi connectivity index (χ3v) is 3.12. The van der Waals surface area contributed by atoms with Gasteiger partial charge in [0.25, 0.3) is 0 Å². The fourth-order valence-corrected chi connectivity index (χ4v) is 2.25. The lowest BCUT2D eigenvalue weighted by atomic mass is 10.00. The molecule has 0 atom stereocenters. The van der Waals surface area contributed by atoms with E-state index in [-0.39, 0.29) is 11.5 Å². The minimum absolute atomic E-state index is 0.195. The number of hydrogen-bond donors (Lipinski definition) is 1. The Balaban J connectivity index is 2.60. The molecule has 0 aromatic heterocycles. The molecule has 18 heavy (non-hydrogen) atoms. The lowest BCUT2D eigenvalue weighted by Gasteiger charge is -2.14. The third-order valence-electron chi connectivity index (χ3n) is 3.12. The highest BCUT2D eigenvalue weighted by Gasteiger charge is 2.26. The van der Waals surface area contributed by atoms with E-state index in [0.717, 1.165) is 12.0 Å². The standard InChI is InChI=1S/C13H15NO4/c1-17-11-7-6-8-9(13(11)18-2)4-3-5-10(14-16)12(8)15/h6-7,16H,3-5H2,1-2H3/b14-10+. The first-order valence-corrected chi connectivity index (χ1v) is 5.72. The zero-order valence-corrected chi connectivity index (χ0v) is 10.4. The summed E-state index contributed by atoms with van der Waals surface area (Å²) in [6.45, 7) is 0. The highest BCUT2D eigenvalue weighted by Crippen LogP contribution is 2.36. The SMILES string of the molecule is COc1ccc2c(c1OC)CCC/C(=N\O)C2=O. The van der Waals surface area contributed by atoms with E-state index in [1.165, 1.54) is 0 Å². The topological polar surface area (TPSA) is 68.1 Å². The molecule has 0 radical (unpaired) electrons. The van der Waals surface area contributed by atoms with Gasteiger partial charge >= 0.3 is 0 Å². The van der Waals surface area contributed by atoms with Gasteiger partial charge < -0.3 is 14.7 Å². The zero-order valence-electron chi connectivity index (χ0n) is 10.4. The fraction of sp³-hybridized carbons (Fsp3) is 0.385. The van der Waals surface area contributed by atoms with Crippen molar-refractivity contribution < 1.29 is 19.5 Å². The maximum atomic E-state index is 12.1. The number of hydrogen-bond acceptors (Lipinski definition) is 5. The molecule has 0 heterocycles. The zero-order chi connectivity index (χ0) is 13.1. The van der Waals surface area contributed by atoms with Crippen LogP contribution in [0.5, 0.6) is 11.5 Å². The van der Waals surface area contributed by atoms with Crippen LogP contribution in [0, 0.1) is 0 Å². The van der Waals surface area contributed by atoms with Crippen LogP contribution in [0.1, 0.15) is 28.8 Å². The number of carbonyl (C=O) groups excluding carboxylic acids is 1. The number of ketones is 1. The molecule has 5 nitrogen and oxygen atoms in total. The van der Waals surface area contributed by atoms with Crippen LogP contribution in [0.3, 0.4) is 0 Å². The molecule has 1 aromatic carbocycles. The summed E-state index contributed by atoms with van der Waals surface area (Å²) < 4.78 is 10.5. The van der Waals surface area contributed by atoms with E-state index in [9.17, 15) is 4.79 Å². The summed E-state index contributed by atoms with van der Waals surface area (Å²) >= 11 is 0. The molecule has 1 aromatic rings. The molecule has 96 valence electrons. The minimum atomic E-state index is -0.244. The molecule has 0 bridgehead atoms. The molecule has 0 saturated carbocycles. The van der Waals surface area contributed by atoms with Crippen molar-refractivity contribution in [3.63, 3.8) is 0 Å². The van der Waals surface area contributed by atoms with E-state index in [1.54, 1.807) is 26.4 Å². The van der Waals surface area contributed by atoms with Gasteiger partial charge in [-0.05, 0) is 31.4 Å². The smallest absolute Gasteiger partial charge is 0.210 e. The highest BCUT2D eigenvalue weighted by molar-refractivity contribution is 6.46. The number of rotatable bonds is 2. The summed E-state index contributed by atoms with van der Waals surface area (Å²) in [5, 5.41) is 11.9. The van der Waals surface area contributed by atoms with Crippen molar-refractivity contribution in [3.8, 4) is 11.5 Å². The second-order valence-electron chi connectivity index (χ2n) is 4.06. The van der Waals surface area contributed by atoms with E-state index in [0.29, 0.717) is 29.9 Å². The van der Waals surface area contributed by atoms with Crippen molar-refractivity contribution in [2.75, 3.05) is 14.2 Å². The van der Waals surface area contributed by atoms with Crippen molar-refractivity contribution in [2.24, 2.45) is 5.16 Å². The van der Waals surface area contributed by atoms with Crippen LogP contribution < -0.4 is 9.47 Å². The van der Waals surface area contributed by atoms with Gasteiger partial charge in [0, 0.05) is 11.1 Å². The quantitative estimate of drug-likeness (QED) is 0.495. The number of ether oxygens (including phenoxy) is 2. The van der Waals surface area contributed by atoms with Crippen molar-refractivity contribution in [1.29, 1.82) is 0 Å². The number of methoxy groups -OCH3 is 2. The van der Waals surface area contributed by atoms with Crippen LogP contribution in [-0.2, 0) is 6.42 Å². The predicted molar refractivity (Wildman–Crippen MR) is 66.0 cm³/mol. The first-order valence-electron chi connectivity index (χ1n) is 5.72. The molecular weight excluding hydrogens is 234 g/mol. The van der Waals surface area contributed by atoms with Gasteiger partial charge in [0.05, 0.1) is 14.2 Å².